The lowest BCUT2D eigenvalue weighted by molar-refractivity contribution is 0.332. The molecular formula is C15H22N4. The molecule has 2 atom stereocenters. The van der Waals surface area contributed by atoms with Crippen molar-refractivity contribution in [2.45, 2.75) is 25.8 Å². The van der Waals surface area contributed by atoms with E-state index in [9.17, 15) is 0 Å². The third-order valence-electron chi connectivity index (χ3n) is 4.35. The highest BCUT2D eigenvalue weighted by Gasteiger charge is 2.24. The predicted octanol–water partition coefficient (Wildman–Crippen LogP) is 2.16. The van der Waals surface area contributed by atoms with Gasteiger partial charge in [0, 0.05) is 31.5 Å². The number of pyridine rings is 1. The summed E-state index contributed by atoms with van der Waals surface area (Å²) in [6.07, 6.45) is 6.51. The highest BCUT2D eigenvalue weighted by molar-refractivity contribution is 5.51. The van der Waals surface area contributed by atoms with E-state index in [2.05, 4.69) is 58.0 Å². The molecule has 0 aliphatic carbocycles. The summed E-state index contributed by atoms with van der Waals surface area (Å²) in [4.78, 5) is 6.87. The molecule has 2 aromatic rings. The lowest BCUT2D eigenvalue weighted by Crippen LogP contribution is -2.44. The van der Waals surface area contributed by atoms with Crippen LogP contribution in [-0.4, -0.2) is 35.6 Å². The summed E-state index contributed by atoms with van der Waals surface area (Å²) < 4.78 is 2.19. The van der Waals surface area contributed by atoms with Gasteiger partial charge in [-0.15, -0.1) is 0 Å². The van der Waals surface area contributed by atoms with E-state index in [0.717, 1.165) is 24.7 Å². The van der Waals surface area contributed by atoms with Gasteiger partial charge in [-0.3, -0.25) is 4.40 Å². The maximum Gasteiger partial charge on any atom is 0.138 e. The Kier molecular flexibility index (Phi) is 3.42. The van der Waals surface area contributed by atoms with Gasteiger partial charge < -0.3 is 10.2 Å². The van der Waals surface area contributed by atoms with Crippen LogP contribution < -0.4 is 10.2 Å². The maximum absolute atomic E-state index is 4.37. The molecule has 1 N–H and O–H groups in total. The number of aromatic nitrogens is 2. The lowest BCUT2D eigenvalue weighted by atomic mass is 9.91. The van der Waals surface area contributed by atoms with Gasteiger partial charge in [-0.1, -0.05) is 6.07 Å². The monoisotopic (exact) mass is 258 g/mol. The van der Waals surface area contributed by atoms with Gasteiger partial charge in [0.05, 0.1) is 0 Å². The van der Waals surface area contributed by atoms with Crippen molar-refractivity contribution in [1.82, 2.24) is 14.7 Å². The van der Waals surface area contributed by atoms with Crippen molar-refractivity contribution in [3.05, 3.63) is 30.6 Å². The minimum absolute atomic E-state index is 0.574. The summed E-state index contributed by atoms with van der Waals surface area (Å²) in [5, 5.41) is 3.39. The molecule has 4 nitrogen and oxygen atoms in total. The molecule has 0 saturated carbocycles. The SMILES string of the molecule is CNC(C)C1CCCN(c2cccc3nccn23)C1. The van der Waals surface area contributed by atoms with Gasteiger partial charge >= 0.3 is 0 Å². The van der Waals surface area contributed by atoms with E-state index in [-0.39, 0.29) is 0 Å². The summed E-state index contributed by atoms with van der Waals surface area (Å²) >= 11 is 0. The molecule has 1 aliphatic heterocycles. The second kappa shape index (κ2) is 5.21. The van der Waals surface area contributed by atoms with Gasteiger partial charge in [0.1, 0.15) is 11.5 Å². The van der Waals surface area contributed by atoms with E-state index in [1.165, 1.54) is 18.7 Å². The zero-order chi connectivity index (χ0) is 13.2. The topological polar surface area (TPSA) is 32.6 Å². The van der Waals surface area contributed by atoms with Crippen LogP contribution in [0.25, 0.3) is 5.65 Å². The molecule has 19 heavy (non-hydrogen) atoms. The number of hydrogen-bond donors (Lipinski definition) is 1. The Bertz CT molecular complexity index is 548. The summed E-state index contributed by atoms with van der Waals surface area (Å²) in [6.45, 7) is 4.55. The predicted molar refractivity (Wildman–Crippen MR) is 78.7 cm³/mol. The molecule has 1 fully saturated rings. The number of anilines is 1. The molecule has 0 aromatic carbocycles. The Balaban J connectivity index is 1.87. The zero-order valence-corrected chi connectivity index (χ0v) is 11.7. The first-order valence-electron chi connectivity index (χ1n) is 7.14. The largest absolute Gasteiger partial charge is 0.357 e. The molecule has 0 spiro atoms. The molecule has 2 unspecified atom stereocenters. The molecule has 3 rings (SSSR count). The lowest BCUT2D eigenvalue weighted by Gasteiger charge is -2.37. The first kappa shape index (κ1) is 12.5. The number of hydrogen-bond acceptors (Lipinski definition) is 3. The quantitative estimate of drug-likeness (QED) is 0.915. The van der Waals surface area contributed by atoms with Crippen LogP contribution in [0.15, 0.2) is 30.6 Å². The van der Waals surface area contributed by atoms with Crippen LogP contribution in [0.5, 0.6) is 0 Å². The number of piperidine rings is 1. The van der Waals surface area contributed by atoms with Crippen molar-refractivity contribution in [2.75, 3.05) is 25.0 Å². The highest BCUT2D eigenvalue weighted by atomic mass is 15.2. The summed E-state index contributed by atoms with van der Waals surface area (Å²) in [6, 6.07) is 6.93. The number of nitrogens with one attached hydrogen (secondary N) is 1. The van der Waals surface area contributed by atoms with Gasteiger partial charge in [0.25, 0.3) is 0 Å². The minimum atomic E-state index is 0.574. The standard InChI is InChI=1S/C15H22N4/c1-12(16-2)13-5-4-9-18(11-13)15-7-3-6-14-17-8-10-19(14)15/h3,6-8,10,12-13,16H,4-5,9,11H2,1-2H3. The van der Waals surface area contributed by atoms with Crippen molar-refractivity contribution in [3.63, 3.8) is 0 Å². The van der Waals surface area contributed by atoms with E-state index >= 15 is 0 Å². The Morgan fingerprint density at radius 3 is 3.16 bits per heavy atom. The molecule has 2 aromatic heterocycles. The highest BCUT2D eigenvalue weighted by Crippen LogP contribution is 2.25. The van der Waals surface area contributed by atoms with E-state index in [0.29, 0.717) is 6.04 Å². The second-order valence-electron chi connectivity index (χ2n) is 5.47. The second-order valence-corrected chi connectivity index (χ2v) is 5.47. The number of fused-ring (bicyclic) bond motifs is 1. The van der Waals surface area contributed by atoms with Crippen molar-refractivity contribution >= 4 is 11.5 Å². The summed E-state index contributed by atoms with van der Waals surface area (Å²) in [7, 11) is 2.06. The minimum Gasteiger partial charge on any atom is -0.357 e. The molecule has 3 heterocycles. The van der Waals surface area contributed by atoms with Crippen molar-refractivity contribution in [1.29, 1.82) is 0 Å². The third kappa shape index (κ3) is 2.32. The molecule has 0 amide bonds. The fourth-order valence-electron chi connectivity index (χ4n) is 3.05. The first-order valence-corrected chi connectivity index (χ1v) is 7.14. The van der Waals surface area contributed by atoms with Crippen LogP contribution >= 0.6 is 0 Å². The molecule has 4 heteroatoms. The number of imidazole rings is 1. The maximum atomic E-state index is 4.37. The third-order valence-corrected chi connectivity index (χ3v) is 4.35. The van der Waals surface area contributed by atoms with Crippen LogP contribution in [0.2, 0.25) is 0 Å². The van der Waals surface area contributed by atoms with Crippen LogP contribution in [0, 0.1) is 5.92 Å². The average molecular weight is 258 g/mol. The van der Waals surface area contributed by atoms with Gasteiger partial charge in [-0.25, -0.2) is 4.98 Å². The van der Waals surface area contributed by atoms with Gasteiger partial charge in [-0.2, -0.15) is 0 Å². The molecule has 0 bridgehead atoms. The molecule has 1 aliphatic rings. The molecular weight excluding hydrogens is 236 g/mol. The number of rotatable bonds is 3. The van der Waals surface area contributed by atoms with Gasteiger partial charge in [0.15, 0.2) is 0 Å². The zero-order valence-electron chi connectivity index (χ0n) is 11.7. The Morgan fingerprint density at radius 2 is 2.32 bits per heavy atom. The van der Waals surface area contributed by atoms with Gasteiger partial charge in [0.2, 0.25) is 0 Å². The van der Waals surface area contributed by atoms with Gasteiger partial charge in [-0.05, 0) is 44.9 Å². The number of nitrogens with zero attached hydrogens (tertiary/aromatic N) is 3. The van der Waals surface area contributed by atoms with E-state index in [1.54, 1.807) is 0 Å². The molecule has 0 radical (unpaired) electrons. The van der Waals surface area contributed by atoms with Crippen LogP contribution in [0.3, 0.4) is 0 Å². The first-order chi connectivity index (χ1) is 9.29. The van der Waals surface area contributed by atoms with E-state index in [1.807, 2.05) is 6.20 Å². The van der Waals surface area contributed by atoms with Crippen molar-refractivity contribution < 1.29 is 0 Å². The van der Waals surface area contributed by atoms with E-state index in [4.69, 9.17) is 0 Å². The van der Waals surface area contributed by atoms with Crippen LogP contribution in [0.4, 0.5) is 5.82 Å². The van der Waals surface area contributed by atoms with Crippen LogP contribution in [-0.2, 0) is 0 Å². The Hall–Kier alpha value is -1.55. The Morgan fingerprint density at radius 1 is 1.42 bits per heavy atom. The smallest absolute Gasteiger partial charge is 0.138 e. The van der Waals surface area contributed by atoms with E-state index < -0.39 is 0 Å². The van der Waals surface area contributed by atoms with Crippen molar-refractivity contribution in [3.8, 4) is 0 Å². The van der Waals surface area contributed by atoms with Crippen molar-refractivity contribution in [2.24, 2.45) is 5.92 Å². The molecule has 102 valence electrons. The molecule has 1 saturated heterocycles. The summed E-state index contributed by atoms with van der Waals surface area (Å²) in [5.74, 6) is 1.99. The Labute approximate surface area is 114 Å². The average Bonchev–Trinajstić information content (AvgIpc) is 2.94. The van der Waals surface area contributed by atoms with Crippen LogP contribution in [0.1, 0.15) is 19.8 Å². The normalized spacial score (nSPS) is 21.8. The fraction of sp³-hybridized carbons (Fsp3) is 0.533. The summed E-state index contributed by atoms with van der Waals surface area (Å²) in [5.41, 5.74) is 1.03. The fourth-order valence-corrected chi connectivity index (χ4v) is 3.05.